The second kappa shape index (κ2) is 7.49. The number of hydrogen-bond donors (Lipinski definition) is 1. The Morgan fingerprint density at radius 1 is 1.23 bits per heavy atom. The highest BCUT2D eigenvalue weighted by Crippen LogP contribution is 2.32. The lowest BCUT2D eigenvalue weighted by Gasteiger charge is -2.10. The first-order chi connectivity index (χ1) is 10.5. The van der Waals surface area contributed by atoms with Gasteiger partial charge in [-0.1, -0.05) is 29.3 Å². The lowest BCUT2D eigenvalue weighted by molar-refractivity contribution is -0.118. The van der Waals surface area contributed by atoms with Gasteiger partial charge in [-0.05, 0) is 23.6 Å². The fourth-order valence-electron chi connectivity index (χ4n) is 1.60. The highest BCUT2D eigenvalue weighted by molar-refractivity contribution is 7.12. The molecule has 0 radical (unpaired) electrons. The lowest BCUT2D eigenvalue weighted by Crippen LogP contribution is -2.21. The van der Waals surface area contributed by atoms with Gasteiger partial charge in [0.05, 0.1) is 22.8 Å². The number of carbonyl (C=O) groups excluding carboxylic acids is 2. The molecule has 0 aliphatic heterocycles. The fraction of sp³-hybridized carbons (Fsp3) is 0.143. The predicted octanol–water partition coefficient (Wildman–Crippen LogP) is 3.86. The number of thiophene rings is 1. The van der Waals surface area contributed by atoms with Crippen molar-refractivity contribution in [2.75, 3.05) is 19.0 Å². The monoisotopic (exact) mass is 359 g/mol. The highest BCUT2D eigenvalue weighted by Gasteiger charge is 2.16. The van der Waals surface area contributed by atoms with Crippen molar-refractivity contribution in [3.8, 4) is 5.75 Å². The summed E-state index contributed by atoms with van der Waals surface area (Å²) in [5, 5.41) is 4.87. The summed E-state index contributed by atoms with van der Waals surface area (Å²) in [5.41, 5.74) is 0.371. The summed E-state index contributed by atoms with van der Waals surface area (Å²) in [5.74, 6) is -0.723. The Labute approximate surface area is 140 Å². The van der Waals surface area contributed by atoms with Gasteiger partial charge in [0.2, 0.25) is 0 Å². The standard InChI is InChI=1S/C14H11Cl2NO4S/c1-20-14(19)13-10(5-6-22-13)17-11(18)7-21-12-8(15)3-2-4-9(12)16/h2-6H,7H2,1H3,(H,17,18). The maximum atomic E-state index is 11.9. The lowest BCUT2D eigenvalue weighted by atomic mass is 10.3. The summed E-state index contributed by atoms with van der Waals surface area (Å²) in [4.78, 5) is 23.7. The van der Waals surface area contributed by atoms with Gasteiger partial charge in [0.25, 0.3) is 5.91 Å². The minimum atomic E-state index is -0.514. The molecule has 0 aliphatic carbocycles. The zero-order valence-electron chi connectivity index (χ0n) is 11.4. The van der Waals surface area contributed by atoms with E-state index in [2.05, 4.69) is 10.1 Å². The van der Waals surface area contributed by atoms with E-state index in [1.54, 1.807) is 29.6 Å². The second-order valence-corrected chi connectivity index (χ2v) is 5.77. The molecule has 5 nitrogen and oxygen atoms in total. The molecule has 0 bridgehead atoms. The zero-order valence-corrected chi connectivity index (χ0v) is 13.7. The smallest absolute Gasteiger partial charge is 0.350 e. The molecule has 0 saturated carbocycles. The first-order valence-corrected chi connectivity index (χ1v) is 7.69. The second-order valence-electron chi connectivity index (χ2n) is 4.04. The number of carbonyl (C=O) groups is 2. The molecule has 0 fully saturated rings. The number of ether oxygens (including phenoxy) is 2. The summed E-state index contributed by atoms with van der Waals surface area (Å²) in [6.07, 6.45) is 0. The van der Waals surface area contributed by atoms with Gasteiger partial charge in [-0.2, -0.15) is 0 Å². The van der Waals surface area contributed by atoms with Crippen molar-refractivity contribution in [2.24, 2.45) is 0 Å². The molecular weight excluding hydrogens is 349 g/mol. The van der Waals surface area contributed by atoms with E-state index in [0.29, 0.717) is 20.6 Å². The van der Waals surface area contributed by atoms with Crippen LogP contribution in [0.15, 0.2) is 29.6 Å². The van der Waals surface area contributed by atoms with Gasteiger partial charge in [0.15, 0.2) is 12.4 Å². The van der Waals surface area contributed by atoms with Crippen LogP contribution in [-0.4, -0.2) is 25.6 Å². The third kappa shape index (κ3) is 3.91. The third-order valence-corrected chi connectivity index (χ3v) is 4.07. The molecule has 116 valence electrons. The molecule has 1 amide bonds. The molecule has 8 heteroatoms. The number of amides is 1. The molecular formula is C14H11Cl2NO4S. The number of methoxy groups -OCH3 is 1. The van der Waals surface area contributed by atoms with Gasteiger partial charge in [-0.25, -0.2) is 4.79 Å². The van der Waals surface area contributed by atoms with Crippen LogP contribution >= 0.6 is 34.5 Å². The molecule has 0 saturated heterocycles. The van der Waals surface area contributed by atoms with E-state index in [-0.39, 0.29) is 12.4 Å². The van der Waals surface area contributed by atoms with Crippen LogP contribution in [0.4, 0.5) is 5.69 Å². The summed E-state index contributed by atoms with van der Waals surface area (Å²) >= 11 is 13.1. The largest absolute Gasteiger partial charge is 0.481 e. The van der Waals surface area contributed by atoms with Gasteiger partial charge in [-0.15, -0.1) is 11.3 Å². The van der Waals surface area contributed by atoms with E-state index in [4.69, 9.17) is 27.9 Å². The molecule has 2 rings (SSSR count). The van der Waals surface area contributed by atoms with Crippen molar-refractivity contribution in [1.29, 1.82) is 0 Å². The number of benzene rings is 1. The van der Waals surface area contributed by atoms with E-state index in [0.717, 1.165) is 0 Å². The van der Waals surface area contributed by atoms with Crippen molar-refractivity contribution in [1.82, 2.24) is 0 Å². The van der Waals surface area contributed by atoms with Crippen LogP contribution in [0.5, 0.6) is 5.75 Å². The van der Waals surface area contributed by atoms with Crippen molar-refractivity contribution in [3.63, 3.8) is 0 Å². The van der Waals surface area contributed by atoms with Crippen LogP contribution in [0.3, 0.4) is 0 Å². The normalized spacial score (nSPS) is 10.1. The van der Waals surface area contributed by atoms with E-state index < -0.39 is 11.9 Å². The average molecular weight is 360 g/mol. The van der Waals surface area contributed by atoms with Crippen LogP contribution in [0.1, 0.15) is 9.67 Å². The van der Waals surface area contributed by atoms with E-state index in [1.165, 1.54) is 18.4 Å². The molecule has 1 aromatic heterocycles. The number of hydrogen-bond acceptors (Lipinski definition) is 5. The van der Waals surface area contributed by atoms with Crippen LogP contribution in [0, 0.1) is 0 Å². The summed E-state index contributed by atoms with van der Waals surface area (Å²) < 4.78 is 9.95. The molecule has 1 heterocycles. The van der Waals surface area contributed by atoms with Crippen LogP contribution < -0.4 is 10.1 Å². The predicted molar refractivity (Wildman–Crippen MR) is 86.2 cm³/mol. The SMILES string of the molecule is COC(=O)c1sccc1NC(=O)COc1c(Cl)cccc1Cl. The average Bonchev–Trinajstić information content (AvgIpc) is 2.94. The molecule has 0 atom stereocenters. The third-order valence-electron chi connectivity index (χ3n) is 2.58. The maximum absolute atomic E-state index is 11.9. The number of esters is 1. The molecule has 0 unspecified atom stereocenters. The summed E-state index contributed by atoms with van der Waals surface area (Å²) in [7, 11) is 1.27. The Kier molecular flexibility index (Phi) is 5.65. The van der Waals surface area contributed by atoms with Crippen molar-refractivity contribution < 1.29 is 19.1 Å². The summed E-state index contributed by atoms with van der Waals surface area (Å²) in [6.45, 7) is -0.292. The van der Waals surface area contributed by atoms with E-state index >= 15 is 0 Å². The first kappa shape index (κ1) is 16.6. The Balaban J connectivity index is 2.00. The van der Waals surface area contributed by atoms with Crippen molar-refractivity contribution in [2.45, 2.75) is 0 Å². The Morgan fingerprint density at radius 3 is 2.55 bits per heavy atom. The number of halogens is 2. The number of anilines is 1. The van der Waals surface area contributed by atoms with E-state index in [9.17, 15) is 9.59 Å². The maximum Gasteiger partial charge on any atom is 0.350 e. The minimum Gasteiger partial charge on any atom is -0.481 e. The van der Waals surface area contributed by atoms with Crippen LogP contribution in [0.25, 0.3) is 0 Å². The molecule has 1 N–H and O–H groups in total. The molecule has 2 aromatic rings. The van der Waals surface area contributed by atoms with Gasteiger partial charge in [0, 0.05) is 0 Å². The Hall–Kier alpha value is -1.76. The van der Waals surface area contributed by atoms with E-state index in [1.807, 2.05) is 0 Å². The fourth-order valence-corrected chi connectivity index (χ4v) is 2.88. The van der Waals surface area contributed by atoms with Crippen LogP contribution in [0.2, 0.25) is 10.0 Å². The number of nitrogens with one attached hydrogen (secondary N) is 1. The summed E-state index contributed by atoms with van der Waals surface area (Å²) in [6, 6.07) is 6.49. The van der Waals surface area contributed by atoms with Crippen LogP contribution in [-0.2, 0) is 9.53 Å². The number of para-hydroxylation sites is 1. The Bertz CT molecular complexity index is 682. The van der Waals surface area contributed by atoms with Gasteiger partial charge in [0.1, 0.15) is 4.88 Å². The van der Waals surface area contributed by atoms with Crippen molar-refractivity contribution >= 4 is 52.1 Å². The molecule has 0 aliphatic rings. The molecule has 0 spiro atoms. The molecule has 22 heavy (non-hydrogen) atoms. The van der Waals surface area contributed by atoms with Gasteiger partial charge < -0.3 is 14.8 Å². The Morgan fingerprint density at radius 2 is 1.91 bits per heavy atom. The molecule has 1 aromatic carbocycles. The van der Waals surface area contributed by atoms with Gasteiger partial charge in [-0.3, -0.25) is 4.79 Å². The highest BCUT2D eigenvalue weighted by atomic mass is 35.5. The van der Waals surface area contributed by atoms with Crippen molar-refractivity contribution in [3.05, 3.63) is 44.6 Å². The quantitative estimate of drug-likeness (QED) is 0.823. The first-order valence-electron chi connectivity index (χ1n) is 6.05. The number of rotatable bonds is 5. The topological polar surface area (TPSA) is 64.6 Å². The minimum absolute atomic E-state index is 0.236. The zero-order chi connectivity index (χ0) is 16.1. The van der Waals surface area contributed by atoms with Gasteiger partial charge >= 0.3 is 5.97 Å².